The van der Waals surface area contributed by atoms with Gasteiger partial charge in [0, 0.05) is 33.4 Å². The molecule has 8 rings (SSSR count). The first-order valence-electron chi connectivity index (χ1n) is 12.2. The molecule has 36 heavy (non-hydrogen) atoms. The van der Waals surface area contributed by atoms with E-state index in [-0.39, 0.29) is 0 Å². The van der Waals surface area contributed by atoms with Gasteiger partial charge in [0.05, 0.1) is 22.1 Å². The molecule has 0 spiro atoms. The molecule has 3 heterocycles. The second-order valence-electron chi connectivity index (χ2n) is 9.25. The van der Waals surface area contributed by atoms with Crippen molar-refractivity contribution < 1.29 is 0 Å². The van der Waals surface area contributed by atoms with Gasteiger partial charge in [-0.25, -0.2) is 4.98 Å². The molecule has 0 bridgehead atoms. The van der Waals surface area contributed by atoms with Crippen LogP contribution in [0.3, 0.4) is 0 Å². The number of rotatable bonds is 2. The molecule has 168 valence electrons. The maximum absolute atomic E-state index is 4.72. The zero-order chi connectivity index (χ0) is 23.6. The van der Waals surface area contributed by atoms with Crippen LogP contribution in [0.2, 0.25) is 0 Å². The summed E-state index contributed by atoms with van der Waals surface area (Å²) < 4.78 is 4.70. The van der Waals surface area contributed by atoms with Gasteiger partial charge >= 0.3 is 0 Å². The maximum Gasteiger partial charge on any atom is 0.137 e. The number of aromatic nitrogens is 3. The van der Waals surface area contributed by atoms with Gasteiger partial charge in [0.15, 0.2) is 0 Å². The number of nitrogens with zero attached hydrogens (tertiary/aromatic N) is 3. The zero-order valence-corrected chi connectivity index (χ0v) is 19.5. The molecule has 3 heteroatoms. The summed E-state index contributed by atoms with van der Waals surface area (Å²) in [4.78, 5) is 4.72. The minimum atomic E-state index is 0.930. The molecular formula is C33H21N3. The quantitative estimate of drug-likeness (QED) is 0.254. The molecule has 0 atom stereocenters. The van der Waals surface area contributed by atoms with Crippen molar-refractivity contribution in [2.45, 2.75) is 0 Å². The zero-order valence-electron chi connectivity index (χ0n) is 19.5. The summed E-state index contributed by atoms with van der Waals surface area (Å²) in [5.41, 5.74) is 5.93. The van der Waals surface area contributed by atoms with Crippen molar-refractivity contribution in [1.29, 1.82) is 0 Å². The van der Waals surface area contributed by atoms with Gasteiger partial charge in [-0.1, -0.05) is 72.8 Å². The van der Waals surface area contributed by atoms with Crippen LogP contribution in [0, 0.1) is 0 Å². The van der Waals surface area contributed by atoms with E-state index in [1.54, 1.807) is 0 Å². The molecule has 0 radical (unpaired) electrons. The van der Waals surface area contributed by atoms with Gasteiger partial charge in [0.2, 0.25) is 0 Å². The average Bonchev–Trinajstić information content (AvgIpc) is 3.47. The fraction of sp³-hybridized carbons (Fsp3) is 0. The molecule has 0 amide bonds. The summed E-state index contributed by atoms with van der Waals surface area (Å²) in [7, 11) is 0. The monoisotopic (exact) mass is 459 g/mol. The second-order valence-corrected chi connectivity index (χ2v) is 9.25. The van der Waals surface area contributed by atoms with E-state index >= 15 is 0 Å². The van der Waals surface area contributed by atoms with E-state index in [0.717, 1.165) is 5.82 Å². The number of fused-ring (bicyclic) bond motifs is 9. The van der Waals surface area contributed by atoms with Gasteiger partial charge in [-0.3, -0.25) is 4.57 Å². The lowest BCUT2D eigenvalue weighted by Gasteiger charge is -2.08. The number of para-hydroxylation sites is 2. The van der Waals surface area contributed by atoms with Gasteiger partial charge in [-0.05, 0) is 59.3 Å². The van der Waals surface area contributed by atoms with Crippen LogP contribution in [0.5, 0.6) is 0 Å². The Morgan fingerprint density at radius 1 is 0.417 bits per heavy atom. The van der Waals surface area contributed by atoms with E-state index in [1.165, 1.54) is 60.1 Å². The Hall–Kier alpha value is -4.89. The van der Waals surface area contributed by atoms with Crippen LogP contribution in [-0.2, 0) is 0 Å². The molecule has 0 N–H and O–H groups in total. The van der Waals surface area contributed by atoms with E-state index in [2.05, 4.69) is 124 Å². The summed E-state index contributed by atoms with van der Waals surface area (Å²) in [5.74, 6) is 0.930. The molecule has 0 fully saturated rings. The van der Waals surface area contributed by atoms with Gasteiger partial charge in [0.1, 0.15) is 5.82 Å². The molecule has 0 aliphatic carbocycles. The summed E-state index contributed by atoms with van der Waals surface area (Å²) in [6, 6.07) is 43.2. The molecule has 3 aromatic heterocycles. The lowest BCUT2D eigenvalue weighted by molar-refractivity contribution is 1.08. The summed E-state index contributed by atoms with van der Waals surface area (Å²) >= 11 is 0. The third-order valence-electron chi connectivity index (χ3n) is 7.35. The smallest absolute Gasteiger partial charge is 0.137 e. The number of pyridine rings is 1. The minimum Gasteiger partial charge on any atom is -0.309 e. The van der Waals surface area contributed by atoms with Crippen LogP contribution in [0.4, 0.5) is 0 Å². The van der Waals surface area contributed by atoms with Gasteiger partial charge < -0.3 is 4.57 Å². The lowest BCUT2D eigenvalue weighted by Crippen LogP contribution is -1.96. The number of benzene rings is 5. The van der Waals surface area contributed by atoms with Crippen LogP contribution in [0.1, 0.15) is 0 Å². The molecule has 5 aromatic carbocycles. The van der Waals surface area contributed by atoms with Crippen LogP contribution in [0.25, 0.3) is 65.9 Å². The Kier molecular flexibility index (Phi) is 3.94. The normalized spacial score (nSPS) is 11.9. The fourth-order valence-corrected chi connectivity index (χ4v) is 5.92. The van der Waals surface area contributed by atoms with Crippen molar-refractivity contribution in [3.8, 4) is 11.5 Å². The third kappa shape index (κ3) is 2.54. The molecule has 0 saturated carbocycles. The molecule has 0 aliphatic rings. The van der Waals surface area contributed by atoms with Crippen molar-refractivity contribution in [3.63, 3.8) is 0 Å². The highest BCUT2D eigenvalue weighted by molar-refractivity contribution is 6.33. The first-order valence-corrected chi connectivity index (χ1v) is 12.2. The molecule has 8 aromatic rings. The predicted octanol–water partition coefficient (Wildman–Crippen LogP) is 8.43. The Morgan fingerprint density at radius 3 is 1.89 bits per heavy atom. The summed E-state index contributed by atoms with van der Waals surface area (Å²) in [5, 5.41) is 7.61. The van der Waals surface area contributed by atoms with E-state index in [1.807, 2.05) is 12.3 Å². The van der Waals surface area contributed by atoms with Crippen molar-refractivity contribution >= 4 is 54.4 Å². The highest BCUT2D eigenvalue weighted by Crippen LogP contribution is 2.44. The Morgan fingerprint density at radius 2 is 1.06 bits per heavy atom. The largest absolute Gasteiger partial charge is 0.309 e. The standard InChI is InChI=1S/C33H21N3/c1-2-11-23(12-3-1)35-27-18-17-22-10-4-5-13-24(22)31(27)33-29(35)20-19-28-32(33)25-14-6-7-15-26(25)36(28)30-16-8-9-21-34-30/h1-21H. The maximum atomic E-state index is 4.72. The van der Waals surface area contributed by atoms with Crippen LogP contribution >= 0.6 is 0 Å². The topological polar surface area (TPSA) is 22.8 Å². The van der Waals surface area contributed by atoms with Crippen molar-refractivity contribution in [1.82, 2.24) is 14.1 Å². The Labute approximate surface area is 207 Å². The Bertz CT molecular complexity index is 2080. The van der Waals surface area contributed by atoms with Crippen LogP contribution in [-0.4, -0.2) is 14.1 Å². The lowest BCUT2D eigenvalue weighted by atomic mass is 10.0. The van der Waals surface area contributed by atoms with Gasteiger partial charge in [-0.2, -0.15) is 0 Å². The molecule has 0 saturated heterocycles. The molecule has 0 unspecified atom stereocenters. The minimum absolute atomic E-state index is 0.930. The van der Waals surface area contributed by atoms with Gasteiger partial charge in [0.25, 0.3) is 0 Å². The van der Waals surface area contributed by atoms with Crippen LogP contribution < -0.4 is 0 Å². The van der Waals surface area contributed by atoms with E-state index in [4.69, 9.17) is 4.98 Å². The highest BCUT2D eigenvalue weighted by Gasteiger charge is 2.21. The first-order chi connectivity index (χ1) is 17.9. The summed E-state index contributed by atoms with van der Waals surface area (Å²) in [6.07, 6.45) is 1.86. The van der Waals surface area contributed by atoms with Crippen LogP contribution in [0.15, 0.2) is 128 Å². The van der Waals surface area contributed by atoms with E-state index < -0.39 is 0 Å². The average molecular weight is 460 g/mol. The van der Waals surface area contributed by atoms with Crippen molar-refractivity contribution in [3.05, 3.63) is 128 Å². The van der Waals surface area contributed by atoms with Crippen molar-refractivity contribution in [2.75, 3.05) is 0 Å². The fourth-order valence-electron chi connectivity index (χ4n) is 5.92. The molecule has 3 nitrogen and oxygen atoms in total. The van der Waals surface area contributed by atoms with Crippen molar-refractivity contribution in [2.24, 2.45) is 0 Å². The number of hydrogen-bond donors (Lipinski definition) is 0. The van der Waals surface area contributed by atoms with Gasteiger partial charge in [-0.15, -0.1) is 0 Å². The highest BCUT2D eigenvalue weighted by atomic mass is 15.1. The third-order valence-corrected chi connectivity index (χ3v) is 7.35. The first kappa shape index (κ1) is 19.4. The number of hydrogen-bond acceptors (Lipinski definition) is 1. The molecular weight excluding hydrogens is 438 g/mol. The second kappa shape index (κ2) is 7.30. The van der Waals surface area contributed by atoms with E-state index in [0.29, 0.717) is 0 Å². The SMILES string of the molecule is c1ccc(-n2c3ccc4ccccc4c3c3c4c5ccccc5n(-c5ccccn5)c4ccc32)cc1. The summed E-state index contributed by atoms with van der Waals surface area (Å²) in [6.45, 7) is 0. The molecule has 0 aliphatic heterocycles. The Balaban J connectivity index is 1.68. The predicted molar refractivity (Wildman–Crippen MR) is 150 cm³/mol. The van der Waals surface area contributed by atoms with E-state index in [9.17, 15) is 0 Å².